The molecule has 1 aromatic heterocycles. The third-order valence-electron chi connectivity index (χ3n) is 2.87. The molecule has 0 spiro atoms. The number of aromatic nitrogens is 1. The Morgan fingerprint density at radius 3 is 3.07 bits per heavy atom. The van der Waals surface area contributed by atoms with E-state index in [0.29, 0.717) is 11.7 Å². The molecule has 2 rings (SSSR count). The van der Waals surface area contributed by atoms with E-state index < -0.39 is 0 Å². The molecule has 1 fully saturated rings. The second kappa shape index (κ2) is 4.92. The molecule has 0 aromatic carbocycles. The largest absolute Gasteiger partial charge is 0.392 e. The molecule has 1 aromatic rings. The monoisotopic (exact) mass is 226 g/mol. The fourth-order valence-corrected chi connectivity index (χ4v) is 2.16. The highest BCUT2D eigenvalue weighted by molar-refractivity contribution is 6.30. The van der Waals surface area contributed by atoms with Crippen LogP contribution in [0.3, 0.4) is 0 Å². The zero-order valence-corrected chi connectivity index (χ0v) is 9.24. The summed E-state index contributed by atoms with van der Waals surface area (Å²) in [5, 5.41) is 13.5. The van der Waals surface area contributed by atoms with Crippen molar-refractivity contribution in [3.63, 3.8) is 0 Å². The fourth-order valence-electron chi connectivity index (χ4n) is 1.97. The van der Waals surface area contributed by atoms with Gasteiger partial charge in [-0.1, -0.05) is 17.7 Å². The van der Waals surface area contributed by atoms with Gasteiger partial charge in [0.1, 0.15) is 5.15 Å². The van der Waals surface area contributed by atoms with Crippen molar-refractivity contribution in [2.24, 2.45) is 0 Å². The van der Waals surface area contributed by atoms with Gasteiger partial charge in [0, 0.05) is 24.3 Å². The molecule has 3 nitrogen and oxygen atoms in total. The van der Waals surface area contributed by atoms with Gasteiger partial charge in [-0.15, -0.1) is 0 Å². The van der Waals surface area contributed by atoms with Crippen LogP contribution in [0.1, 0.15) is 24.8 Å². The summed E-state index contributed by atoms with van der Waals surface area (Å²) in [5.41, 5.74) is 0.985. The van der Waals surface area contributed by atoms with Crippen LogP contribution in [-0.4, -0.2) is 22.2 Å². The van der Waals surface area contributed by atoms with Crippen molar-refractivity contribution in [3.05, 3.63) is 29.0 Å². The van der Waals surface area contributed by atoms with Crippen LogP contribution in [0.2, 0.25) is 5.15 Å². The molecule has 1 heterocycles. The number of pyridine rings is 1. The van der Waals surface area contributed by atoms with Crippen LogP contribution in [0, 0.1) is 0 Å². The zero-order chi connectivity index (χ0) is 10.7. The summed E-state index contributed by atoms with van der Waals surface area (Å²) >= 11 is 5.93. The highest BCUT2D eigenvalue weighted by atomic mass is 35.5. The van der Waals surface area contributed by atoms with Crippen molar-refractivity contribution in [1.82, 2.24) is 10.3 Å². The Labute approximate surface area is 94.5 Å². The van der Waals surface area contributed by atoms with Crippen LogP contribution in [-0.2, 0) is 6.54 Å². The number of rotatable bonds is 3. The first-order valence-corrected chi connectivity index (χ1v) is 5.66. The number of nitrogens with one attached hydrogen (secondary N) is 1. The molecule has 15 heavy (non-hydrogen) atoms. The summed E-state index contributed by atoms with van der Waals surface area (Å²) in [7, 11) is 0. The van der Waals surface area contributed by atoms with E-state index in [9.17, 15) is 5.11 Å². The lowest BCUT2D eigenvalue weighted by Crippen LogP contribution is -2.35. The van der Waals surface area contributed by atoms with Crippen molar-refractivity contribution in [3.8, 4) is 0 Å². The molecule has 0 amide bonds. The third-order valence-corrected chi connectivity index (χ3v) is 3.21. The van der Waals surface area contributed by atoms with E-state index in [0.717, 1.165) is 24.8 Å². The van der Waals surface area contributed by atoms with Crippen LogP contribution in [0.15, 0.2) is 18.3 Å². The van der Waals surface area contributed by atoms with E-state index in [1.807, 2.05) is 12.1 Å². The molecular weight excluding hydrogens is 212 g/mol. The highest BCUT2D eigenvalue weighted by Crippen LogP contribution is 2.20. The molecule has 4 heteroatoms. The van der Waals surface area contributed by atoms with Crippen LogP contribution in [0.4, 0.5) is 0 Å². The number of halogens is 1. The Bertz CT molecular complexity index is 332. The molecule has 2 unspecified atom stereocenters. The van der Waals surface area contributed by atoms with E-state index in [-0.39, 0.29) is 12.1 Å². The highest BCUT2D eigenvalue weighted by Gasteiger charge is 2.24. The van der Waals surface area contributed by atoms with E-state index in [4.69, 9.17) is 11.6 Å². The summed E-state index contributed by atoms with van der Waals surface area (Å²) in [6, 6.07) is 4.03. The lowest BCUT2D eigenvalue weighted by atomic mass is 10.2. The summed E-state index contributed by atoms with van der Waals surface area (Å²) in [5.74, 6) is 0. The van der Waals surface area contributed by atoms with Gasteiger partial charge in [-0.05, 0) is 25.3 Å². The molecule has 1 aliphatic carbocycles. The summed E-state index contributed by atoms with van der Waals surface area (Å²) in [6.07, 6.45) is 4.51. The third kappa shape index (κ3) is 2.68. The van der Waals surface area contributed by atoms with Gasteiger partial charge in [-0.2, -0.15) is 0 Å². The molecule has 1 aliphatic rings. The average Bonchev–Trinajstić information content (AvgIpc) is 2.63. The zero-order valence-electron chi connectivity index (χ0n) is 8.49. The van der Waals surface area contributed by atoms with Crippen molar-refractivity contribution >= 4 is 11.6 Å². The maximum atomic E-state index is 9.63. The molecule has 2 atom stereocenters. The molecular formula is C11H15ClN2O. The van der Waals surface area contributed by atoms with Gasteiger partial charge in [0.15, 0.2) is 0 Å². The minimum absolute atomic E-state index is 0.208. The van der Waals surface area contributed by atoms with Gasteiger partial charge >= 0.3 is 0 Å². The number of hydrogen-bond acceptors (Lipinski definition) is 3. The second-order valence-corrected chi connectivity index (χ2v) is 4.30. The number of hydrogen-bond donors (Lipinski definition) is 2. The Kier molecular flexibility index (Phi) is 3.57. The number of aliphatic hydroxyl groups is 1. The molecule has 0 saturated heterocycles. The quantitative estimate of drug-likeness (QED) is 0.772. The van der Waals surface area contributed by atoms with Crippen LogP contribution < -0.4 is 5.32 Å². The Balaban J connectivity index is 1.90. The molecule has 2 N–H and O–H groups in total. The van der Waals surface area contributed by atoms with Gasteiger partial charge < -0.3 is 10.4 Å². The Hall–Kier alpha value is -0.640. The van der Waals surface area contributed by atoms with Crippen molar-refractivity contribution in [2.75, 3.05) is 0 Å². The lowest BCUT2D eigenvalue weighted by molar-refractivity contribution is 0.148. The topological polar surface area (TPSA) is 45.1 Å². The van der Waals surface area contributed by atoms with Gasteiger partial charge in [-0.3, -0.25) is 0 Å². The normalized spacial score (nSPS) is 25.7. The molecule has 82 valence electrons. The van der Waals surface area contributed by atoms with Gasteiger partial charge in [0.2, 0.25) is 0 Å². The standard InChI is InChI=1S/C11H15ClN2O/c12-11-8(3-2-6-13-11)7-14-9-4-1-5-10(9)15/h2-3,6,9-10,14-15H,1,4-5,7H2. The molecule has 1 saturated carbocycles. The first kappa shape index (κ1) is 10.9. The number of nitrogens with zero attached hydrogens (tertiary/aromatic N) is 1. The van der Waals surface area contributed by atoms with Gasteiger partial charge in [0.25, 0.3) is 0 Å². The average molecular weight is 227 g/mol. The SMILES string of the molecule is OC1CCCC1NCc1cccnc1Cl. The van der Waals surface area contributed by atoms with E-state index >= 15 is 0 Å². The van der Waals surface area contributed by atoms with Gasteiger partial charge in [-0.25, -0.2) is 4.98 Å². The fraction of sp³-hybridized carbons (Fsp3) is 0.545. The van der Waals surface area contributed by atoms with Crippen LogP contribution in [0.5, 0.6) is 0 Å². The van der Waals surface area contributed by atoms with E-state index in [1.165, 1.54) is 0 Å². The first-order valence-electron chi connectivity index (χ1n) is 5.28. The maximum absolute atomic E-state index is 9.63. The summed E-state index contributed by atoms with van der Waals surface area (Å²) in [4.78, 5) is 4.01. The maximum Gasteiger partial charge on any atom is 0.133 e. The van der Waals surface area contributed by atoms with Crippen molar-refractivity contribution in [1.29, 1.82) is 0 Å². The molecule has 0 radical (unpaired) electrons. The summed E-state index contributed by atoms with van der Waals surface area (Å²) in [6.45, 7) is 0.675. The second-order valence-electron chi connectivity index (χ2n) is 3.94. The van der Waals surface area contributed by atoms with Gasteiger partial charge in [0.05, 0.1) is 6.10 Å². The van der Waals surface area contributed by atoms with Crippen molar-refractivity contribution < 1.29 is 5.11 Å². The minimum Gasteiger partial charge on any atom is -0.392 e. The van der Waals surface area contributed by atoms with E-state index in [2.05, 4.69) is 10.3 Å². The lowest BCUT2D eigenvalue weighted by Gasteiger charge is -2.16. The first-order chi connectivity index (χ1) is 7.27. The van der Waals surface area contributed by atoms with Crippen LogP contribution in [0.25, 0.3) is 0 Å². The number of aliphatic hydroxyl groups excluding tert-OH is 1. The van der Waals surface area contributed by atoms with E-state index in [1.54, 1.807) is 6.20 Å². The predicted molar refractivity (Wildman–Crippen MR) is 59.7 cm³/mol. The molecule has 0 bridgehead atoms. The predicted octanol–water partition coefficient (Wildman–Crippen LogP) is 1.74. The van der Waals surface area contributed by atoms with Crippen LogP contribution >= 0.6 is 11.6 Å². The Morgan fingerprint density at radius 1 is 1.53 bits per heavy atom. The smallest absolute Gasteiger partial charge is 0.133 e. The minimum atomic E-state index is -0.208. The summed E-state index contributed by atoms with van der Waals surface area (Å²) < 4.78 is 0. The molecule has 0 aliphatic heterocycles. The Morgan fingerprint density at radius 2 is 2.40 bits per heavy atom. The van der Waals surface area contributed by atoms with Crippen molar-refractivity contribution in [2.45, 2.75) is 38.0 Å².